The molecular formula is C34H37F4N9O5S. The van der Waals surface area contributed by atoms with E-state index in [0.717, 1.165) is 34.1 Å². The highest BCUT2D eigenvalue weighted by atomic mass is 32.2. The minimum atomic E-state index is -4.94. The Bertz CT molecular complexity index is 2000. The summed E-state index contributed by atoms with van der Waals surface area (Å²) in [4.78, 5) is 59.1. The van der Waals surface area contributed by atoms with Crippen LogP contribution in [0.2, 0.25) is 0 Å². The number of likely N-dealkylation sites (N-methyl/N-ethyl adjacent to an activating group) is 2. The molecule has 4 aromatic rings. The zero-order chi connectivity index (χ0) is 38.9. The maximum absolute atomic E-state index is 14.1. The van der Waals surface area contributed by atoms with Crippen molar-refractivity contribution in [1.82, 2.24) is 34.7 Å². The molecule has 0 bridgehead atoms. The first-order chi connectivity index (χ1) is 25.1. The lowest BCUT2D eigenvalue weighted by atomic mass is 10.0. The molecule has 4 amide bonds. The highest BCUT2D eigenvalue weighted by Crippen LogP contribution is 2.17. The summed E-state index contributed by atoms with van der Waals surface area (Å²) in [6.07, 6.45) is 5.54. The fourth-order valence-electron chi connectivity index (χ4n) is 5.12. The van der Waals surface area contributed by atoms with Crippen LogP contribution in [-0.4, -0.2) is 72.4 Å². The zero-order valence-corrected chi connectivity index (χ0v) is 29.9. The predicted octanol–water partition coefficient (Wildman–Crippen LogP) is 3.32. The zero-order valence-electron chi connectivity index (χ0n) is 29.1. The highest BCUT2D eigenvalue weighted by Gasteiger charge is 2.31. The molecule has 2 atom stereocenters. The molecule has 0 spiro atoms. The lowest BCUT2D eigenvalue weighted by Gasteiger charge is -2.26. The second kappa shape index (κ2) is 17.8. The van der Waals surface area contributed by atoms with Gasteiger partial charge in [-0.25, -0.2) is 47.0 Å². The largest absolute Gasteiger partial charge is 0.330 e. The van der Waals surface area contributed by atoms with Crippen LogP contribution in [0.25, 0.3) is 0 Å². The summed E-state index contributed by atoms with van der Waals surface area (Å²) >= 11 is 0. The predicted molar refractivity (Wildman–Crippen MR) is 186 cm³/mol. The van der Waals surface area contributed by atoms with Crippen molar-refractivity contribution >= 4 is 39.4 Å². The Morgan fingerprint density at radius 2 is 1.09 bits per heavy atom. The van der Waals surface area contributed by atoms with E-state index >= 15 is 0 Å². The molecular weight excluding hydrogens is 722 g/mol. The van der Waals surface area contributed by atoms with Gasteiger partial charge in [-0.15, -0.1) is 0 Å². The van der Waals surface area contributed by atoms with E-state index in [2.05, 4.69) is 25.3 Å². The molecule has 2 aromatic heterocycles. The van der Waals surface area contributed by atoms with Gasteiger partial charge in [-0.05, 0) is 54.7 Å². The van der Waals surface area contributed by atoms with E-state index < -0.39 is 69.8 Å². The number of carbonyl (C=O) groups excluding carboxylic acids is 3. The van der Waals surface area contributed by atoms with Gasteiger partial charge in [0, 0.05) is 39.1 Å². The molecule has 19 heteroatoms. The number of amides is 4. The van der Waals surface area contributed by atoms with Gasteiger partial charge >= 0.3 is 16.2 Å². The Labute approximate surface area is 303 Å². The Kier molecular flexibility index (Phi) is 13.5. The number of rotatable bonds is 15. The number of aryl methyl sites for hydroxylation is 3. The molecule has 0 unspecified atom stereocenters. The number of urea groups is 1. The number of nitrogens with one attached hydrogen (secondary N) is 3. The van der Waals surface area contributed by atoms with Gasteiger partial charge in [0.05, 0.1) is 36.2 Å². The van der Waals surface area contributed by atoms with Crippen molar-refractivity contribution in [2.75, 3.05) is 23.9 Å². The third-order valence-corrected chi connectivity index (χ3v) is 8.93. The number of carbonyl (C=O) groups is 3. The molecule has 53 heavy (non-hydrogen) atoms. The van der Waals surface area contributed by atoms with E-state index in [1.54, 1.807) is 4.72 Å². The van der Waals surface area contributed by atoms with Gasteiger partial charge in [-0.1, -0.05) is 13.8 Å². The molecule has 0 saturated heterocycles. The molecule has 14 nitrogen and oxygen atoms in total. The fourth-order valence-corrected chi connectivity index (χ4v) is 6.04. The number of anilines is 2. The molecule has 2 heterocycles. The third kappa shape index (κ3) is 11.5. The van der Waals surface area contributed by atoms with E-state index in [1.807, 2.05) is 18.6 Å². The summed E-state index contributed by atoms with van der Waals surface area (Å²) in [5.74, 6) is -4.35. The van der Waals surface area contributed by atoms with Crippen LogP contribution < -0.4 is 24.6 Å². The number of aromatic nitrogens is 4. The third-order valence-electron chi connectivity index (χ3n) is 7.88. The van der Waals surface area contributed by atoms with Crippen LogP contribution in [0.5, 0.6) is 0 Å². The van der Waals surface area contributed by atoms with Crippen LogP contribution in [-0.2, 0) is 45.5 Å². The van der Waals surface area contributed by atoms with Crippen LogP contribution in [0.3, 0.4) is 0 Å². The Morgan fingerprint density at radius 3 is 1.53 bits per heavy atom. The fraction of sp³-hybridized carbons (Fsp3) is 0.324. The molecule has 0 aliphatic rings. The van der Waals surface area contributed by atoms with Crippen molar-refractivity contribution < 1.29 is 40.4 Å². The van der Waals surface area contributed by atoms with E-state index in [9.17, 15) is 40.4 Å². The summed E-state index contributed by atoms with van der Waals surface area (Å²) in [6, 6.07) is 0.581. The maximum Gasteiger partial charge on any atom is 0.330 e. The Hall–Kier alpha value is -5.56. The smallest absolute Gasteiger partial charge is 0.325 e. The van der Waals surface area contributed by atoms with Gasteiger partial charge in [0.25, 0.3) is 0 Å². The summed E-state index contributed by atoms with van der Waals surface area (Å²) in [5.41, 5.74) is 0.479. The van der Waals surface area contributed by atoms with Gasteiger partial charge in [0.15, 0.2) is 0 Å². The summed E-state index contributed by atoms with van der Waals surface area (Å²) in [5, 5.41) is 2.27. The monoisotopic (exact) mass is 759 g/mol. The first-order valence-corrected chi connectivity index (χ1v) is 17.7. The van der Waals surface area contributed by atoms with Crippen LogP contribution in [0, 0.1) is 23.3 Å². The summed E-state index contributed by atoms with van der Waals surface area (Å²) in [7, 11) is -2.28. The lowest BCUT2D eigenvalue weighted by molar-refractivity contribution is -0.120. The minimum absolute atomic E-state index is 0.0857. The molecule has 3 N–H and O–H groups in total. The van der Waals surface area contributed by atoms with Crippen LogP contribution in [0.1, 0.15) is 43.0 Å². The number of hydrogen-bond acceptors (Lipinski definition) is 9. The number of halogens is 4. The molecule has 0 radical (unpaired) electrons. The average Bonchev–Trinajstić information content (AvgIpc) is 3.10. The van der Waals surface area contributed by atoms with Crippen LogP contribution in [0.15, 0.2) is 61.2 Å². The molecule has 0 aliphatic heterocycles. The standard InChI is InChI=1S/C34H37F4N9O5S/c1-5-30-39-16-26(17-40-30)46(3)32(48)28(8-7-20-9-22(35)14-23(36)10-20)43-34(50)45-53(51,52)44-29(13-21-11-24(37)15-25(38)12-21)33(49)47(4)27-18-41-31(6-2)42-19-27/h9-12,14-19,28-29,44H,5-8,13H2,1-4H3,(H2,43,45,50)/t28-,29-/m0/s1. The summed E-state index contributed by atoms with van der Waals surface area (Å²) < 4.78 is 86.2. The van der Waals surface area contributed by atoms with Gasteiger partial charge in [0.2, 0.25) is 11.8 Å². The van der Waals surface area contributed by atoms with Gasteiger partial charge < -0.3 is 15.1 Å². The van der Waals surface area contributed by atoms with Crippen LogP contribution >= 0.6 is 0 Å². The Morgan fingerprint density at radius 1 is 0.679 bits per heavy atom. The van der Waals surface area contributed by atoms with E-state index in [0.29, 0.717) is 36.6 Å². The van der Waals surface area contributed by atoms with Crippen LogP contribution in [0.4, 0.5) is 33.7 Å². The minimum Gasteiger partial charge on any atom is -0.325 e. The summed E-state index contributed by atoms with van der Waals surface area (Å²) in [6.45, 7) is 3.65. The first kappa shape index (κ1) is 40.2. The van der Waals surface area contributed by atoms with Gasteiger partial charge in [0.1, 0.15) is 47.0 Å². The van der Waals surface area contributed by atoms with E-state index in [4.69, 9.17) is 0 Å². The normalized spacial score (nSPS) is 12.5. The first-order valence-electron chi connectivity index (χ1n) is 16.2. The van der Waals surface area contributed by atoms with E-state index in [1.165, 1.54) is 38.9 Å². The van der Waals surface area contributed by atoms with Crippen molar-refractivity contribution in [3.8, 4) is 0 Å². The van der Waals surface area contributed by atoms with Crippen molar-refractivity contribution in [2.24, 2.45) is 0 Å². The number of benzene rings is 2. The maximum atomic E-state index is 14.1. The molecule has 0 fully saturated rings. The van der Waals surface area contributed by atoms with Crippen molar-refractivity contribution in [2.45, 2.75) is 58.0 Å². The average molecular weight is 760 g/mol. The lowest BCUT2D eigenvalue weighted by Crippen LogP contribution is -2.56. The molecule has 4 rings (SSSR count). The molecule has 282 valence electrons. The van der Waals surface area contributed by atoms with Crippen molar-refractivity contribution in [3.63, 3.8) is 0 Å². The van der Waals surface area contributed by atoms with E-state index in [-0.39, 0.29) is 35.3 Å². The van der Waals surface area contributed by atoms with Crippen molar-refractivity contribution in [3.05, 3.63) is 107 Å². The Balaban J connectivity index is 1.56. The highest BCUT2D eigenvalue weighted by molar-refractivity contribution is 7.88. The van der Waals surface area contributed by atoms with Crippen molar-refractivity contribution in [1.29, 1.82) is 0 Å². The number of nitrogens with zero attached hydrogens (tertiary/aromatic N) is 6. The second-order valence-electron chi connectivity index (χ2n) is 11.8. The van der Waals surface area contributed by atoms with Gasteiger partial charge in [-0.3, -0.25) is 9.59 Å². The molecule has 0 aliphatic carbocycles. The topological polar surface area (TPSA) is 179 Å². The molecule has 0 saturated carbocycles. The molecule has 2 aromatic carbocycles. The second-order valence-corrected chi connectivity index (χ2v) is 13.3. The number of hydrogen-bond donors (Lipinski definition) is 3. The van der Waals surface area contributed by atoms with Gasteiger partial charge in [-0.2, -0.15) is 13.1 Å². The quantitative estimate of drug-likeness (QED) is 0.153. The SMILES string of the molecule is CCc1ncc(N(C)C(=O)[C@H](CCc2cc(F)cc(F)c2)NC(=O)NS(=O)(=O)N[C@@H](Cc2cc(F)cc(F)c2)C(=O)N(C)c2cnc(CC)nc2)cn1.